The van der Waals surface area contributed by atoms with Crippen LogP contribution < -0.4 is 9.80 Å². The fraction of sp³-hybridized carbons (Fsp3) is 0.344. The molecule has 7 heteroatoms. The molecule has 39 heavy (non-hydrogen) atoms. The van der Waals surface area contributed by atoms with Gasteiger partial charge >= 0.3 is 0 Å². The number of hydrogen-bond donors (Lipinski definition) is 0. The molecule has 2 aliphatic heterocycles. The minimum Gasteiger partial charge on any atom is -0.368 e. The third kappa shape index (κ3) is 5.60. The number of rotatable bonds is 5. The van der Waals surface area contributed by atoms with Crippen LogP contribution >= 0.6 is 0 Å². The van der Waals surface area contributed by atoms with Gasteiger partial charge in [-0.1, -0.05) is 30.3 Å². The van der Waals surface area contributed by atoms with Gasteiger partial charge in [-0.2, -0.15) is 10.5 Å². The smallest absolute Gasteiger partial charge is 0.254 e. The Labute approximate surface area is 231 Å². The van der Waals surface area contributed by atoms with Crippen molar-refractivity contribution in [2.45, 2.75) is 20.4 Å². The van der Waals surface area contributed by atoms with Crippen molar-refractivity contribution >= 4 is 17.3 Å². The Balaban J connectivity index is 1.23. The molecule has 0 bridgehead atoms. The van der Waals surface area contributed by atoms with E-state index >= 15 is 0 Å². The number of piperazine rings is 2. The molecule has 0 unspecified atom stereocenters. The van der Waals surface area contributed by atoms with Gasteiger partial charge < -0.3 is 14.7 Å². The topological polar surface area (TPSA) is 77.6 Å². The Hall–Kier alpha value is -4.33. The highest BCUT2D eigenvalue weighted by Gasteiger charge is 2.26. The first-order valence-electron chi connectivity index (χ1n) is 13.6. The zero-order valence-corrected chi connectivity index (χ0v) is 22.7. The molecular weight excluding hydrogens is 484 g/mol. The van der Waals surface area contributed by atoms with Crippen LogP contribution in [0.4, 0.5) is 11.4 Å². The lowest BCUT2D eigenvalue weighted by Gasteiger charge is -2.37. The van der Waals surface area contributed by atoms with Crippen LogP contribution in [0.5, 0.6) is 0 Å². The number of anilines is 2. The number of benzene rings is 3. The van der Waals surface area contributed by atoms with E-state index in [1.165, 1.54) is 0 Å². The monoisotopic (exact) mass is 518 g/mol. The van der Waals surface area contributed by atoms with Crippen molar-refractivity contribution in [3.63, 3.8) is 0 Å². The summed E-state index contributed by atoms with van der Waals surface area (Å²) < 4.78 is 0. The third-order valence-electron chi connectivity index (χ3n) is 8.03. The van der Waals surface area contributed by atoms with E-state index in [-0.39, 0.29) is 5.91 Å². The molecular formula is C32H34N6O. The van der Waals surface area contributed by atoms with Crippen molar-refractivity contribution in [3.05, 3.63) is 94.0 Å². The summed E-state index contributed by atoms with van der Waals surface area (Å²) in [5.41, 5.74) is 7.47. The lowest BCUT2D eigenvalue weighted by Crippen LogP contribution is -2.49. The van der Waals surface area contributed by atoms with Gasteiger partial charge in [0, 0.05) is 64.5 Å². The quantitative estimate of drug-likeness (QED) is 0.500. The van der Waals surface area contributed by atoms with E-state index in [0.717, 1.165) is 71.9 Å². The van der Waals surface area contributed by atoms with Gasteiger partial charge in [0.1, 0.15) is 12.1 Å². The Kier molecular flexibility index (Phi) is 7.81. The maximum Gasteiger partial charge on any atom is 0.254 e. The van der Waals surface area contributed by atoms with Gasteiger partial charge in [0.2, 0.25) is 0 Å². The lowest BCUT2D eigenvalue weighted by molar-refractivity contribution is 0.0745. The second-order valence-corrected chi connectivity index (χ2v) is 10.4. The fourth-order valence-electron chi connectivity index (χ4n) is 5.66. The fourth-order valence-corrected chi connectivity index (χ4v) is 5.66. The van der Waals surface area contributed by atoms with Crippen molar-refractivity contribution in [2.75, 3.05) is 62.2 Å². The maximum atomic E-state index is 13.7. The predicted octanol–water partition coefficient (Wildman–Crippen LogP) is 4.33. The van der Waals surface area contributed by atoms with E-state index < -0.39 is 0 Å². The SMILES string of the molecule is Cc1cc(CN2CCN(c3ccccc3C#N)CC2)cc(C(=O)N2CCN(c3ccccc3C#N)CC2)c1C. The van der Waals surface area contributed by atoms with Gasteiger partial charge in [-0.15, -0.1) is 0 Å². The number of para-hydroxylation sites is 2. The summed E-state index contributed by atoms with van der Waals surface area (Å²) in [5, 5.41) is 18.9. The highest BCUT2D eigenvalue weighted by Crippen LogP contribution is 2.25. The zero-order valence-electron chi connectivity index (χ0n) is 22.7. The van der Waals surface area contributed by atoms with Crippen LogP contribution in [0.15, 0.2) is 60.7 Å². The van der Waals surface area contributed by atoms with Crippen LogP contribution in [-0.4, -0.2) is 68.1 Å². The van der Waals surface area contributed by atoms with Crippen LogP contribution in [0.3, 0.4) is 0 Å². The second-order valence-electron chi connectivity index (χ2n) is 10.4. The van der Waals surface area contributed by atoms with E-state index in [9.17, 15) is 15.3 Å². The molecule has 2 heterocycles. The maximum absolute atomic E-state index is 13.7. The number of nitrogens with zero attached hydrogens (tertiary/aromatic N) is 6. The van der Waals surface area contributed by atoms with Crippen molar-refractivity contribution in [1.29, 1.82) is 10.5 Å². The molecule has 2 fully saturated rings. The minimum absolute atomic E-state index is 0.0867. The average Bonchev–Trinajstić information content (AvgIpc) is 2.99. The van der Waals surface area contributed by atoms with Gasteiger partial charge in [0.25, 0.3) is 5.91 Å². The van der Waals surface area contributed by atoms with Crippen molar-refractivity contribution < 1.29 is 4.79 Å². The van der Waals surface area contributed by atoms with Crippen molar-refractivity contribution in [2.24, 2.45) is 0 Å². The molecule has 198 valence electrons. The van der Waals surface area contributed by atoms with E-state index in [1.54, 1.807) is 0 Å². The highest BCUT2D eigenvalue weighted by molar-refractivity contribution is 5.96. The van der Waals surface area contributed by atoms with E-state index in [0.29, 0.717) is 31.7 Å². The number of amides is 1. The molecule has 0 atom stereocenters. The number of carbonyl (C=O) groups is 1. The largest absolute Gasteiger partial charge is 0.368 e. The molecule has 2 saturated heterocycles. The lowest BCUT2D eigenvalue weighted by atomic mass is 9.97. The third-order valence-corrected chi connectivity index (χ3v) is 8.03. The highest BCUT2D eigenvalue weighted by atomic mass is 16.2. The molecule has 7 nitrogen and oxygen atoms in total. The van der Waals surface area contributed by atoms with Gasteiger partial charge in [-0.25, -0.2) is 0 Å². The van der Waals surface area contributed by atoms with Crippen LogP contribution in [-0.2, 0) is 6.54 Å². The number of hydrogen-bond acceptors (Lipinski definition) is 6. The van der Waals surface area contributed by atoms with E-state index in [4.69, 9.17) is 0 Å². The molecule has 1 amide bonds. The summed E-state index contributed by atoms with van der Waals surface area (Å²) in [5.74, 6) is 0.0867. The number of carbonyl (C=O) groups excluding carboxylic acids is 1. The Morgan fingerprint density at radius 1 is 0.744 bits per heavy atom. The van der Waals surface area contributed by atoms with Gasteiger partial charge in [-0.05, 0) is 60.9 Å². The van der Waals surface area contributed by atoms with Crippen molar-refractivity contribution in [3.8, 4) is 12.1 Å². The first-order valence-corrected chi connectivity index (χ1v) is 13.6. The van der Waals surface area contributed by atoms with Gasteiger partial charge in [0.15, 0.2) is 0 Å². The summed E-state index contributed by atoms with van der Waals surface area (Å²) in [7, 11) is 0. The van der Waals surface area contributed by atoms with E-state index in [2.05, 4.69) is 45.9 Å². The molecule has 3 aromatic rings. The first kappa shape index (κ1) is 26.3. The Morgan fingerprint density at radius 3 is 1.79 bits per heavy atom. The molecule has 0 saturated carbocycles. The second kappa shape index (κ2) is 11.6. The molecule has 0 aromatic heterocycles. The zero-order chi connectivity index (χ0) is 27.4. The van der Waals surface area contributed by atoms with Crippen LogP contribution in [0.1, 0.15) is 38.2 Å². The normalized spacial score (nSPS) is 16.1. The number of aryl methyl sites for hydroxylation is 1. The minimum atomic E-state index is 0.0867. The summed E-state index contributed by atoms with van der Waals surface area (Å²) in [6, 6.07) is 24.3. The Bertz CT molecular complexity index is 1440. The van der Waals surface area contributed by atoms with Crippen LogP contribution in [0.25, 0.3) is 0 Å². The predicted molar refractivity (Wildman–Crippen MR) is 154 cm³/mol. The standard InChI is InChI=1S/C32H34N6O/c1-24-19-26(23-35-11-13-36(14-12-35)30-9-5-3-7-27(30)21-33)20-29(25(24)2)32(39)38-17-15-37(16-18-38)31-10-6-4-8-28(31)22-34/h3-10,19-20H,11-18,23H2,1-2H3. The summed E-state index contributed by atoms with van der Waals surface area (Å²) in [6.07, 6.45) is 0. The van der Waals surface area contributed by atoms with Crippen LogP contribution in [0.2, 0.25) is 0 Å². The van der Waals surface area contributed by atoms with Gasteiger partial charge in [-0.3, -0.25) is 9.69 Å². The van der Waals surface area contributed by atoms with Gasteiger partial charge in [0.05, 0.1) is 22.5 Å². The molecule has 0 spiro atoms. The van der Waals surface area contributed by atoms with E-state index in [1.807, 2.05) is 60.4 Å². The summed E-state index contributed by atoms with van der Waals surface area (Å²) in [6.45, 7) is 11.2. The molecule has 0 radical (unpaired) electrons. The molecule has 5 rings (SSSR count). The van der Waals surface area contributed by atoms with Crippen LogP contribution in [0, 0.1) is 36.5 Å². The number of nitriles is 2. The Morgan fingerprint density at radius 2 is 1.26 bits per heavy atom. The molecule has 0 aliphatic carbocycles. The molecule has 2 aliphatic rings. The first-order chi connectivity index (χ1) is 19.0. The average molecular weight is 519 g/mol. The summed E-state index contributed by atoms with van der Waals surface area (Å²) >= 11 is 0. The summed E-state index contributed by atoms with van der Waals surface area (Å²) in [4.78, 5) is 22.5. The molecule has 0 N–H and O–H groups in total. The van der Waals surface area contributed by atoms with Crippen molar-refractivity contribution in [1.82, 2.24) is 9.80 Å². The molecule has 3 aromatic carbocycles.